The third kappa shape index (κ3) is 11.2. The van der Waals surface area contributed by atoms with Gasteiger partial charge >= 0.3 is 7.60 Å². The van der Waals surface area contributed by atoms with E-state index in [-0.39, 0.29) is 0 Å². The minimum Gasteiger partial charge on any atom is -0.508 e. The molecule has 0 aliphatic heterocycles. The van der Waals surface area contributed by atoms with Gasteiger partial charge in [0.25, 0.3) is 0 Å². The zero-order valence-electron chi connectivity index (χ0n) is 7.51. The van der Waals surface area contributed by atoms with Crippen LogP contribution in [-0.2, 0) is 4.57 Å². The molecular weight excluding hydrogens is 191 g/mol. The van der Waals surface area contributed by atoms with Crippen LogP contribution in [0, 0.1) is 6.92 Å². The molecule has 0 atom stereocenters. The number of phenolic OH excluding ortho intramolecular Hbond substituents is 1. The van der Waals surface area contributed by atoms with E-state index in [1.165, 1.54) is 5.56 Å². The molecule has 1 rings (SSSR count). The van der Waals surface area contributed by atoms with Crippen molar-refractivity contribution >= 4 is 7.60 Å². The minimum atomic E-state index is -3.64. The summed E-state index contributed by atoms with van der Waals surface area (Å²) in [7, 11) is -3.64. The molecule has 0 radical (unpaired) electrons. The van der Waals surface area contributed by atoms with Gasteiger partial charge in [-0.15, -0.1) is 0 Å². The molecule has 1 aromatic rings. The zero-order chi connectivity index (χ0) is 10.5. The quantitative estimate of drug-likeness (QED) is 0.559. The van der Waals surface area contributed by atoms with Crippen LogP contribution in [0.1, 0.15) is 5.56 Å². The lowest BCUT2D eigenvalue weighted by molar-refractivity contribution is 0.381. The molecule has 0 bridgehead atoms. The van der Waals surface area contributed by atoms with Crippen LogP contribution in [0.25, 0.3) is 0 Å². The highest BCUT2D eigenvalue weighted by Gasteiger charge is 1.95. The number of benzene rings is 1. The van der Waals surface area contributed by atoms with Crippen LogP contribution in [-0.4, -0.2) is 21.6 Å². The first-order chi connectivity index (χ1) is 5.79. The number of phenols is 1. The topological polar surface area (TPSA) is 77.8 Å². The molecule has 13 heavy (non-hydrogen) atoms. The summed E-state index contributed by atoms with van der Waals surface area (Å²) < 4.78 is 9.33. The Balaban J connectivity index is 0.000000252. The third-order valence-corrected chi connectivity index (χ3v) is 1.03. The number of aryl methyl sites for hydroxylation is 1. The molecule has 0 fully saturated rings. The Kier molecular flexibility index (Phi) is 4.70. The molecule has 0 aromatic heterocycles. The zero-order valence-corrected chi connectivity index (χ0v) is 8.40. The molecule has 5 heteroatoms. The summed E-state index contributed by atoms with van der Waals surface area (Å²) in [5.41, 5.74) is 1.17. The van der Waals surface area contributed by atoms with Crippen molar-refractivity contribution in [2.24, 2.45) is 0 Å². The van der Waals surface area contributed by atoms with Gasteiger partial charge in [0.15, 0.2) is 0 Å². The Morgan fingerprint density at radius 2 is 1.46 bits per heavy atom. The molecule has 0 unspecified atom stereocenters. The van der Waals surface area contributed by atoms with Crippen molar-refractivity contribution in [3.8, 4) is 5.75 Å². The lowest BCUT2D eigenvalue weighted by atomic mass is 10.2. The van der Waals surface area contributed by atoms with Gasteiger partial charge in [-0.25, -0.2) is 0 Å². The normalized spacial score (nSPS) is 10.2. The van der Waals surface area contributed by atoms with Crippen LogP contribution in [0.5, 0.6) is 5.75 Å². The Morgan fingerprint density at radius 3 is 1.69 bits per heavy atom. The van der Waals surface area contributed by atoms with Gasteiger partial charge in [0.1, 0.15) is 5.75 Å². The third-order valence-electron chi connectivity index (χ3n) is 1.03. The van der Waals surface area contributed by atoms with Crippen molar-refractivity contribution in [2.45, 2.75) is 6.92 Å². The summed E-state index contributed by atoms with van der Waals surface area (Å²) in [4.78, 5) is 15.3. The lowest BCUT2D eigenvalue weighted by Crippen LogP contribution is -1.66. The summed E-state index contributed by atoms with van der Waals surface area (Å²) in [6.07, 6.45) is 0. The molecule has 0 amide bonds. The maximum Gasteiger partial charge on any atom is 0.322 e. The van der Waals surface area contributed by atoms with Gasteiger partial charge in [-0.3, -0.25) is 4.57 Å². The van der Waals surface area contributed by atoms with E-state index in [0.717, 1.165) is 6.66 Å². The number of hydrogen-bond acceptors (Lipinski definition) is 2. The predicted molar refractivity (Wildman–Crippen MR) is 50.8 cm³/mol. The number of hydrogen-bond donors (Lipinski definition) is 3. The van der Waals surface area contributed by atoms with Gasteiger partial charge < -0.3 is 14.9 Å². The maximum absolute atomic E-state index is 9.33. The monoisotopic (exact) mass is 204 g/mol. The Morgan fingerprint density at radius 1 is 1.15 bits per heavy atom. The standard InChI is InChI=1S/C7H8O.CH5O3P/c1-6-2-4-7(8)5-3-6;1-5(2,3)4/h2-5,8H,1H3;1H3,(H2,2,3,4). The van der Waals surface area contributed by atoms with Gasteiger partial charge in [-0.2, -0.15) is 0 Å². The Hall–Kier alpha value is -0.830. The van der Waals surface area contributed by atoms with E-state index in [2.05, 4.69) is 0 Å². The van der Waals surface area contributed by atoms with Crippen molar-refractivity contribution in [1.29, 1.82) is 0 Å². The van der Waals surface area contributed by atoms with Crippen LogP contribution in [0.3, 0.4) is 0 Å². The first kappa shape index (κ1) is 12.2. The summed E-state index contributed by atoms with van der Waals surface area (Å²) in [6, 6.07) is 7.09. The number of rotatable bonds is 0. The largest absolute Gasteiger partial charge is 0.508 e. The fourth-order valence-electron chi connectivity index (χ4n) is 0.545. The highest BCUT2D eigenvalue weighted by Crippen LogP contribution is 2.26. The fourth-order valence-corrected chi connectivity index (χ4v) is 0.545. The van der Waals surface area contributed by atoms with Crippen LogP contribution >= 0.6 is 7.60 Å². The molecule has 74 valence electrons. The van der Waals surface area contributed by atoms with Gasteiger partial charge in [-0.05, 0) is 19.1 Å². The Bertz CT molecular complexity index is 258. The van der Waals surface area contributed by atoms with E-state index in [9.17, 15) is 4.57 Å². The van der Waals surface area contributed by atoms with E-state index in [4.69, 9.17) is 14.9 Å². The average Bonchev–Trinajstić information content (AvgIpc) is 1.92. The molecule has 0 aliphatic carbocycles. The summed E-state index contributed by atoms with van der Waals surface area (Å²) in [5, 5.41) is 8.76. The molecule has 4 nitrogen and oxygen atoms in total. The molecule has 3 N–H and O–H groups in total. The van der Waals surface area contributed by atoms with Crippen molar-refractivity contribution in [3.63, 3.8) is 0 Å². The Labute approximate surface area is 77.0 Å². The van der Waals surface area contributed by atoms with E-state index in [1.54, 1.807) is 12.1 Å². The second kappa shape index (κ2) is 5.02. The van der Waals surface area contributed by atoms with Crippen LogP contribution < -0.4 is 0 Å². The molecule has 1 aromatic carbocycles. The van der Waals surface area contributed by atoms with Gasteiger partial charge in [0.2, 0.25) is 0 Å². The minimum absolute atomic E-state index is 0.329. The van der Waals surface area contributed by atoms with Crippen LogP contribution in [0.2, 0.25) is 0 Å². The predicted octanol–water partition coefficient (Wildman–Crippen LogP) is 1.49. The van der Waals surface area contributed by atoms with E-state index in [0.29, 0.717) is 5.75 Å². The maximum atomic E-state index is 9.33. The fraction of sp³-hybridized carbons (Fsp3) is 0.250. The summed E-state index contributed by atoms with van der Waals surface area (Å²) >= 11 is 0. The molecule has 0 saturated carbocycles. The summed E-state index contributed by atoms with van der Waals surface area (Å²) in [6.45, 7) is 2.84. The smallest absolute Gasteiger partial charge is 0.322 e. The lowest BCUT2D eigenvalue weighted by Gasteiger charge is -1.89. The van der Waals surface area contributed by atoms with Crippen molar-refractivity contribution in [2.75, 3.05) is 6.66 Å². The first-order valence-corrected chi connectivity index (χ1v) is 5.63. The van der Waals surface area contributed by atoms with Crippen molar-refractivity contribution in [3.05, 3.63) is 29.8 Å². The second-order valence-corrected chi connectivity index (χ2v) is 4.34. The molecular formula is C8H13O4P. The average molecular weight is 204 g/mol. The first-order valence-electron chi connectivity index (χ1n) is 3.57. The highest BCUT2D eigenvalue weighted by atomic mass is 31.2. The highest BCUT2D eigenvalue weighted by molar-refractivity contribution is 7.50. The number of aromatic hydroxyl groups is 1. The van der Waals surface area contributed by atoms with Gasteiger partial charge in [0, 0.05) is 6.66 Å². The van der Waals surface area contributed by atoms with E-state index < -0.39 is 7.60 Å². The SMILES string of the molecule is CP(=O)(O)O.Cc1ccc(O)cc1. The van der Waals surface area contributed by atoms with E-state index in [1.807, 2.05) is 19.1 Å². The van der Waals surface area contributed by atoms with Gasteiger partial charge in [0.05, 0.1) is 0 Å². The summed E-state index contributed by atoms with van der Waals surface area (Å²) in [5.74, 6) is 0.329. The second-order valence-electron chi connectivity index (χ2n) is 2.67. The van der Waals surface area contributed by atoms with E-state index >= 15 is 0 Å². The molecule has 0 heterocycles. The molecule has 0 aliphatic rings. The van der Waals surface area contributed by atoms with Crippen LogP contribution in [0.15, 0.2) is 24.3 Å². The van der Waals surface area contributed by atoms with Crippen molar-refractivity contribution in [1.82, 2.24) is 0 Å². The molecule has 0 spiro atoms. The van der Waals surface area contributed by atoms with Crippen molar-refractivity contribution < 1.29 is 19.5 Å². The molecule has 0 saturated heterocycles. The van der Waals surface area contributed by atoms with Crippen LogP contribution in [0.4, 0.5) is 0 Å². The van der Waals surface area contributed by atoms with Gasteiger partial charge in [-0.1, -0.05) is 17.7 Å².